The summed E-state index contributed by atoms with van der Waals surface area (Å²) in [5, 5.41) is 0. The van der Waals surface area contributed by atoms with Crippen LogP contribution in [-0.2, 0) is 0 Å². The van der Waals surface area contributed by atoms with Gasteiger partial charge in [-0.25, -0.2) is 0 Å². The molecule has 0 saturated heterocycles. The van der Waals surface area contributed by atoms with E-state index < -0.39 is 24.9 Å². The summed E-state index contributed by atoms with van der Waals surface area (Å²) in [4.78, 5) is 0. The molecule has 0 radical (unpaired) electrons. The standard InChI is InChI=1S/C9H25ClSi3/c1-11(2)9(10,12(3,4)5)13(6,7)8/h11H,1-8H3. The molecule has 0 aromatic rings. The van der Waals surface area contributed by atoms with Crippen LogP contribution in [0.4, 0.5) is 0 Å². The van der Waals surface area contributed by atoms with Gasteiger partial charge in [-0.1, -0.05) is 52.4 Å². The lowest BCUT2D eigenvalue weighted by Crippen LogP contribution is -2.69. The van der Waals surface area contributed by atoms with Gasteiger partial charge in [-0.2, -0.15) is 0 Å². The summed E-state index contributed by atoms with van der Waals surface area (Å²) in [7, 11) is -3.20. The van der Waals surface area contributed by atoms with Gasteiger partial charge in [0.1, 0.15) is 0 Å². The minimum Gasteiger partial charge on any atom is -0.130 e. The fourth-order valence-electron chi connectivity index (χ4n) is 2.86. The molecule has 0 bridgehead atoms. The van der Waals surface area contributed by atoms with E-state index in [0.29, 0.717) is 0 Å². The molecule has 80 valence electrons. The van der Waals surface area contributed by atoms with Crippen molar-refractivity contribution in [3.8, 4) is 0 Å². The van der Waals surface area contributed by atoms with Gasteiger partial charge in [0.05, 0.1) is 16.1 Å². The van der Waals surface area contributed by atoms with Crippen molar-refractivity contribution in [2.45, 2.75) is 56.1 Å². The van der Waals surface area contributed by atoms with Gasteiger partial charge in [0, 0.05) is 12.5 Å². The first-order valence-corrected chi connectivity index (χ1v) is 15.4. The maximum Gasteiger partial charge on any atom is 0.0613 e. The molecule has 0 nitrogen and oxygen atoms in total. The summed E-state index contributed by atoms with van der Waals surface area (Å²) in [5.74, 6) is 0. The number of hydrogen-bond acceptors (Lipinski definition) is 0. The average molecular weight is 253 g/mol. The Balaban J connectivity index is 5.22. The van der Waals surface area contributed by atoms with Gasteiger partial charge >= 0.3 is 0 Å². The zero-order chi connectivity index (χ0) is 11.1. The number of halogens is 1. The van der Waals surface area contributed by atoms with Crippen LogP contribution in [0.25, 0.3) is 0 Å². The molecular formula is C9H25ClSi3. The van der Waals surface area contributed by atoms with Crippen molar-refractivity contribution < 1.29 is 0 Å². The Bertz CT molecular complexity index is 162. The number of alkyl halides is 1. The normalized spacial score (nSPS) is 15.2. The predicted octanol–water partition coefficient (Wildman–Crippen LogP) is 3.74. The monoisotopic (exact) mass is 252 g/mol. The lowest BCUT2D eigenvalue weighted by molar-refractivity contribution is 1.31. The largest absolute Gasteiger partial charge is 0.130 e. The van der Waals surface area contributed by atoms with Crippen molar-refractivity contribution in [1.29, 1.82) is 0 Å². The second-order valence-electron chi connectivity index (χ2n) is 6.37. The highest BCUT2D eigenvalue weighted by molar-refractivity contribution is 7.18. The first kappa shape index (κ1) is 13.9. The summed E-state index contributed by atoms with van der Waals surface area (Å²) in [6.45, 7) is 19.5. The number of hydrogen-bond donors (Lipinski definition) is 0. The van der Waals surface area contributed by atoms with E-state index in [2.05, 4.69) is 52.4 Å². The summed E-state index contributed by atoms with van der Waals surface area (Å²) in [6, 6.07) is 0. The molecule has 0 aromatic carbocycles. The first-order valence-electron chi connectivity index (χ1n) is 5.13. The van der Waals surface area contributed by atoms with Crippen LogP contribution >= 0.6 is 11.6 Å². The highest BCUT2D eigenvalue weighted by Crippen LogP contribution is 2.39. The van der Waals surface area contributed by atoms with Crippen LogP contribution in [0.1, 0.15) is 0 Å². The number of rotatable bonds is 3. The molecule has 0 aromatic heterocycles. The molecular weight excluding hydrogens is 228 g/mol. The van der Waals surface area contributed by atoms with Gasteiger partial charge in [-0.15, -0.1) is 11.6 Å². The smallest absolute Gasteiger partial charge is 0.0613 e. The summed E-state index contributed by atoms with van der Waals surface area (Å²) in [5.41, 5.74) is 0. The molecule has 0 unspecified atom stereocenters. The predicted molar refractivity (Wildman–Crippen MR) is 74.2 cm³/mol. The van der Waals surface area contributed by atoms with Crippen molar-refractivity contribution in [3.05, 3.63) is 0 Å². The second-order valence-corrected chi connectivity index (χ2v) is 23.4. The van der Waals surface area contributed by atoms with Gasteiger partial charge in [-0.3, -0.25) is 0 Å². The van der Waals surface area contributed by atoms with E-state index in [4.69, 9.17) is 11.6 Å². The Morgan fingerprint density at radius 3 is 1.08 bits per heavy atom. The van der Waals surface area contributed by atoms with Crippen LogP contribution in [0.3, 0.4) is 0 Å². The highest BCUT2D eigenvalue weighted by Gasteiger charge is 2.53. The minimum atomic E-state index is -1.22. The Hall–Kier alpha value is 0.941. The Morgan fingerprint density at radius 2 is 1.08 bits per heavy atom. The Morgan fingerprint density at radius 1 is 0.846 bits per heavy atom. The van der Waals surface area contributed by atoms with Crippen molar-refractivity contribution in [1.82, 2.24) is 0 Å². The van der Waals surface area contributed by atoms with E-state index in [1.54, 1.807) is 0 Å². The van der Waals surface area contributed by atoms with Crippen molar-refractivity contribution >= 4 is 36.5 Å². The molecule has 0 aliphatic carbocycles. The summed E-state index contributed by atoms with van der Waals surface area (Å²) in [6.07, 6.45) is 0. The van der Waals surface area contributed by atoms with E-state index in [1.165, 1.54) is 0 Å². The van der Waals surface area contributed by atoms with E-state index in [-0.39, 0.29) is 3.74 Å². The highest BCUT2D eigenvalue weighted by atomic mass is 35.5. The summed E-state index contributed by atoms with van der Waals surface area (Å²) < 4.78 is 0.264. The molecule has 0 amide bonds. The van der Waals surface area contributed by atoms with Gasteiger partial charge in [0.2, 0.25) is 0 Å². The molecule has 0 rings (SSSR count). The third-order valence-corrected chi connectivity index (χ3v) is 26.8. The fourth-order valence-corrected chi connectivity index (χ4v) is 25.7. The van der Waals surface area contributed by atoms with E-state index >= 15 is 0 Å². The lowest BCUT2D eigenvalue weighted by Gasteiger charge is -2.49. The molecule has 0 atom stereocenters. The molecule has 0 N–H and O–H groups in total. The van der Waals surface area contributed by atoms with E-state index in [1.807, 2.05) is 0 Å². The topological polar surface area (TPSA) is 0 Å². The van der Waals surface area contributed by atoms with Crippen molar-refractivity contribution in [2.24, 2.45) is 0 Å². The zero-order valence-electron chi connectivity index (χ0n) is 10.5. The van der Waals surface area contributed by atoms with Crippen LogP contribution in [0.2, 0.25) is 52.4 Å². The second kappa shape index (κ2) is 3.83. The zero-order valence-corrected chi connectivity index (χ0v) is 14.4. The molecule has 0 heterocycles. The van der Waals surface area contributed by atoms with Crippen LogP contribution in [0, 0.1) is 0 Å². The van der Waals surface area contributed by atoms with E-state index in [0.717, 1.165) is 0 Å². The third kappa shape index (κ3) is 2.49. The van der Waals surface area contributed by atoms with Crippen LogP contribution < -0.4 is 0 Å². The fraction of sp³-hybridized carbons (Fsp3) is 1.00. The van der Waals surface area contributed by atoms with Gasteiger partial charge in [0.15, 0.2) is 0 Å². The molecule has 0 fully saturated rings. The molecule has 0 spiro atoms. The lowest BCUT2D eigenvalue weighted by atomic mass is 11.6. The quantitative estimate of drug-likeness (QED) is 0.530. The van der Waals surface area contributed by atoms with E-state index in [9.17, 15) is 0 Å². The SMILES string of the molecule is C[SiH](C)C(Cl)([Si](C)(C)C)[Si](C)(C)C. The molecule has 0 aliphatic heterocycles. The molecule has 13 heavy (non-hydrogen) atoms. The van der Waals surface area contributed by atoms with Gasteiger partial charge in [0.25, 0.3) is 0 Å². The van der Waals surface area contributed by atoms with Crippen molar-refractivity contribution in [2.75, 3.05) is 0 Å². The van der Waals surface area contributed by atoms with Gasteiger partial charge in [-0.05, 0) is 0 Å². The average Bonchev–Trinajstić information content (AvgIpc) is 1.80. The molecule has 0 saturated carbocycles. The Kier molecular flexibility index (Phi) is 4.11. The molecule has 4 heteroatoms. The Labute approximate surface area is 92.7 Å². The first-order chi connectivity index (χ1) is 5.44. The maximum atomic E-state index is 7.01. The van der Waals surface area contributed by atoms with Crippen molar-refractivity contribution in [3.63, 3.8) is 0 Å². The molecule has 0 aliphatic rings. The maximum absolute atomic E-state index is 7.01. The minimum absolute atomic E-state index is 0.264. The van der Waals surface area contributed by atoms with Gasteiger partial charge < -0.3 is 0 Å². The van der Waals surface area contributed by atoms with Crippen LogP contribution in [-0.4, -0.2) is 28.7 Å². The van der Waals surface area contributed by atoms with Crippen LogP contribution in [0.5, 0.6) is 0 Å². The van der Waals surface area contributed by atoms with Crippen LogP contribution in [0.15, 0.2) is 0 Å². The third-order valence-electron chi connectivity index (χ3n) is 2.98. The summed E-state index contributed by atoms with van der Waals surface area (Å²) >= 11 is 7.01.